The number of carboxylic acids is 1. The molecule has 1 aromatic rings. The van der Waals surface area contributed by atoms with Gasteiger partial charge in [0.25, 0.3) is 0 Å². The van der Waals surface area contributed by atoms with Gasteiger partial charge in [0.1, 0.15) is 23.4 Å². The zero-order chi connectivity index (χ0) is 20.3. The van der Waals surface area contributed by atoms with Gasteiger partial charge in [-0.05, 0) is 17.7 Å². The lowest BCUT2D eigenvalue weighted by molar-refractivity contribution is -0.144. The van der Waals surface area contributed by atoms with E-state index in [9.17, 15) is 43.7 Å². The Morgan fingerprint density at radius 2 is 1.35 bits per heavy atom. The molecule has 0 aliphatic carbocycles. The Morgan fingerprint density at radius 3 is 1.62 bits per heavy atom. The first-order valence-corrected chi connectivity index (χ1v) is 10.4. The molecule has 0 spiro atoms. The van der Waals surface area contributed by atoms with E-state index in [0.29, 0.717) is 17.1 Å². The molecule has 0 radical (unpaired) electrons. The molecule has 10 nitrogen and oxygen atoms in total. The van der Waals surface area contributed by atoms with E-state index in [2.05, 4.69) is 13.2 Å². The predicted octanol–water partition coefficient (Wildman–Crippen LogP) is 1.20. The number of hydrogen-bond acceptors (Lipinski definition) is 5. The van der Waals surface area contributed by atoms with Gasteiger partial charge in [-0.1, -0.05) is 24.3 Å². The van der Waals surface area contributed by atoms with E-state index in [1.807, 2.05) is 0 Å². The van der Waals surface area contributed by atoms with Gasteiger partial charge in [0.15, 0.2) is 0 Å². The zero-order valence-electron chi connectivity index (χ0n) is 13.4. The molecule has 3 atom stereocenters. The van der Waals surface area contributed by atoms with Crippen LogP contribution >= 0.6 is 15.2 Å². The highest BCUT2D eigenvalue weighted by Crippen LogP contribution is 2.53. The van der Waals surface area contributed by atoms with E-state index in [1.165, 1.54) is 0 Å². The first-order valence-electron chi connectivity index (χ1n) is 6.99. The molecule has 1 rings (SSSR count). The first-order chi connectivity index (χ1) is 11.8. The fourth-order valence-electron chi connectivity index (χ4n) is 2.43. The Bertz CT molecular complexity index is 733. The van der Waals surface area contributed by atoms with E-state index < -0.39 is 38.8 Å². The predicted molar refractivity (Wildman–Crippen MR) is 92.4 cm³/mol. The van der Waals surface area contributed by atoms with Crippen LogP contribution < -0.4 is 0 Å². The van der Waals surface area contributed by atoms with Crippen LogP contribution in [0.5, 0.6) is 5.75 Å². The van der Waals surface area contributed by atoms with Gasteiger partial charge in [0.2, 0.25) is 0 Å². The van der Waals surface area contributed by atoms with Gasteiger partial charge in [-0.2, -0.15) is 0 Å². The molecule has 0 aromatic heterocycles. The topological polar surface area (TPSA) is 176 Å². The summed E-state index contributed by atoms with van der Waals surface area (Å²) in [4.78, 5) is 50.5. The van der Waals surface area contributed by atoms with Crippen LogP contribution in [0.4, 0.5) is 0 Å². The lowest BCUT2D eigenvalue weighted by atomic mass is 10.0. The minimum atomic E-state index is -5.09. The SMILES string of the molecule is C=CC(N(C(C=C)P(=O)(O)O)[C@H](C(=O)O)c1ccc(O)cc1)P(=O)(O)O. The van der Waals surface area contributed by atoms with Gasteiger partial charge in [-0.15, -0.1) is 13.2 Å². The summed E-state index contributed by atoms with van der Waals surface area (Å²) >= 11 is 0. The van der Waals surface area contributed by atoms with Gasteiger partial charge in [-0.25, -0.2) is 0 Å². The van der Waals surface area contributed by atoms with Gasteiger partial charge in [-0.3, -0.25) is 18.8 Å². The number of nitrogens with zero attached hydrogens (tertiary/aromatic N) is 1. The summed E-state index contributed by atoms with van der Waals surface area (Å²) in [5.41, 5.74) is -0.0732. The lowest BCUT2D eigenvalue weighted by Crippen LogP contribution is -2.46. The van der Waals surface area contributed by atoms with Crippen LogP contribution in [-0.4, -0.2) is 52.2 Å². The molecule has 2 unspecified atom stereocenters. The van der Waals surface area contributed by atoms with Crippen LogP contribution in [0.25, 0.3) is 0 Å². The fourth-order valence-corrected chi connectivity index (χ4v) is 4.33. The van der Waals surface area contributed by atoms with E-state index in [0.717, 1.165) is 24.3 Å². The number of benzene rings is 1. The highest BCUT2D eigenvalue weighted by Gasteiger charge is 2.47. The second-order valence-corrected chi connectivity index (χ2v) is 8.67. The fraction of sp³-hybridized carbons (Fsp3) is 0.214. The molecule has 0 amide bonds. The molecule has 12 heteroatoms. The second kappa shape index (κ2) is 8.28. The minimum Gasteiger partial charge on any atom is -0.508 e. The van der Waals surface area contributed by atoms with Crippen LogP contribution in [-0.2, 0) is 13.9 Å². The molecule has 0 aliphatic rings. The van der Waals surface area contributed by atoms with Crippen molar-refractivity contribution in [2.24, 2.45) is 0 Å². The number of phenolic OH excluding ortho intramolecular Hbond substituents is 1. The number of carbonyl (C=O) groups is 1. The number of hydrogen-bond donors (Lipinski definition) is 6. The molecule has 26 heavy (non-hydrogen) atoms. The highest BCUT2D eigenvalue weighted by atomic mass is 31.2. The van der Waals surface area contributed by atoms with E-state index >= 15 is 0 Å². The largest absolute Gasteiger partial charge is 0.508 e. The van der Waals surface area contributed by atoms with Crippen molar-refractivity contribution in [1.82, 2.24) is 4.90 Å². The van der Waals surface area contributed by atoms with Crippen molar-refractivity contribution in [2.75, 3.05) is 0 Å². The summed E-state index contributed by atoms with van der Waals surface area (Å²) in [5.74, 6) is -5.87. The molecule has 1 aromatic carbocycles. The van der Waals surface area contributed by atoms with Gasteiger partial charge in [0, 0.05) is 0 Å². The summed E-state index contributed by atoms with van der Waals surface area (Å²) in [5, 5.41) is 19.0. The Morgan fingerprint density at radius 1 is 0.962 bits per heavy atom. The average molecular weight is 407 g/mol. The molecule has 0 heterocycles. The Balaban J connectivity index is 3.73. The maximum absolute atomic E-state index is 11.8. The molecule has 6 N–H and O–H groups in total. The third-order valence-corrected chi connectivity index (χ3v) is 5.80. The monoisotopic (exact) mass is 407 g/mol. The van der Waals surface area contributed by atoms with Crippen LogP contribution in [0.1, 0.15) is 11.6 Å². The smallest absolute Gasteiger partial charge is 0.346 e. The second-order valence-electron chi connectivity index (χ2n) is 5.26. The summed E-state index contributed by atoms with van der Waals surface area (Å²) < 4.78 is 23.7. The minimum absolute atomic E-state index is 0.0732. The van der Waals surface area contributed by atoms with Crippen molar-refractivity contribution in [3.05, 3.63) is 55.1 Å². The molecule has 0 saturated carbocycles. The number of aromatic hydroxyl groups is 1. The number of phenols is 1. The molecular formula is C14H19NO9P2. The normalized spacial score (nSPS) is 15.9. The van der Waals surface area contributed by atoms with Crippen LogP contribution in [0.2, 0.25) is 0 Å². The Kier molecular flexibility index (Phi) is 7.09. The molecule has 144 valence electrons. The van der Waals surface area contributed by atoms with Gasteiger partial charge in [0.05, 0.1) is 0 Å². The maximum Gasteiger partial charge on any atom is 0.346 e. The van der Waals surface area contributed by atoms with Crippen molar-refractivity contribution in [3.8, 4) is 5.75 Å². The van der Waals surface area contributed by atoms with E-state index in [-0.39, 0.29) is 11.3 Å². The summed E-state index contributed by atoms with van der Waals surface area (Å²) in [6.45, 7) is 6.49. The van der Waals surface area contributed by atoms with Crippen LogP contribution in [0.3, 0.4) is 0 Å². The van der Waals surface area contributed by atoms with Crippen LogP contribution in [0.15, 0.2) is 49.6 Å². The van der Waals surface area contributed by atoms with Gasteiger partial charge < -0.3 is 29.8 Å². The Labute approximate surface area is 149 Å². The molecule has 0 aliphatic heterocycles. The highest BCUT2D eigenvalue weighted by molar-refractivity contribution is 7.53. The molecule has 0 bridgehead atoms. The van der Waals surface area contributed by atoms with E-state index in [4.69, 9.17) is 0 Å². The summed E-state index contributed by atoms with van der Waals surface area (Å²) in [6.07, 6.45) is 1.42. The summed E-state index contributed by atoms with van der Waals surface area (Å²) in [7, 11) is -10.2. The quantitative estimate of drug-likeness (QED) is 0.258. The number of carboxylic acid groups (broad SMARTS) is 1. The molecular weight excluding hydrogens is 388 g/mol. The maximum atomic E-state index is 11.8. The molecule has 0 saturated heterocycles. The van der Waals surface area contributed by atoms with Crippen molar-refractivity contribution >= 4 is 21.2 Å². The van der Waals surface area contributed by atoms with Crippen molar-refractivity contribution in [2.45, 2.75) is 17.6 Å². The third-order valence-electron chi connectivity index (χ3n) is 3.46. The zero-order valence-corrected chi connectivity index (χ0v) is 15.1. The summed E-state index contributed by atoms with van der Waals surface area (Å²) in [6, 6.07) is 2.69. The number of rotatable bonds is 9. The van der Waals surface area contributed by atoms with Gasteiger partial charge >= 0.3 is 21.2 Å². The van der Waals surface area contributed by atoms with Crippen molar-refractivity contribution in [1.29, 1.82) is 0 Å². The third kappa shape index (κ3) is 5.12. The van der Waals surface area contributed by atoms with E-state index in [1.54, 1.807) is 0 Å². The Hall–Kier alpha value is -1.77. The first kappa shape index (κ1) is 22.3. The standard InChI is InChI=1S/C14H19NO9P2/c1-3-11(25(19,20)21)15(12(4-2)26(22,23)24)13(14(17)18)9-5-7-10(16)8-6-9/h3-8,11-13,16H,1-2H2,(H,17,18)(H2,19,20,21)(H2,22,23,24)/t11?,12?,13-/m0/s1. The molecule has 0 fully saturated rings. The van der Waals surface area contributed by atoms with Crippen LogP contribution in [0, 0.1) is 0 Å². The average Bonchev–Trinajstić information content (AvgIpc) is 2.47. The number of aliphatic carboxylic acids is 1. The van der Waals surface area contributed by atoms with Crippen molar-refractivity contribution < 1.29 is 43.7 Å². The van der Waals surface area contributed by atoms with Crippen molar-refractivity contribution in [3.63, 3.8) is 0 Å². The lowest BCUT2D eigenvalue weighted by Gasteiger charge is -2.39.